The van der Waals surface area contributed by atoms with Gasteiger partial charge < -0.3 is 0 Å². The first kappa shape index (κ1) is 10.8. The van der Waals surface area contributed by atoms with E-state index >= 15 is 0 Å². The van der Waals surface area contributed by atoms with Gasteiger partial charge in [0.15, 0.2) is 0 Å². The molecule has 11 heavy (non-hydrogen) atoms. The number of thioether (sulfide) groups is 1. The summed E-state index contributed by atoms with van der Waals surface area (Å²) in [6.45, 7) is 4.24. The van der Waals surface area contributed by atoms with Gasteiger partial charge in [0.05, 0.1) is 0 Å². The molecule has 0 fully saturated rings. The lowest BCUT2D eigenvalue weighted by Crippen LogP contribution is -2.30. The van der Waals surface area contributed by atoms with Gasteiger partial charge in [0.1, 0.15) is 0 Å². The number of carbonyl (C=O) groups is 1. The molecule has 0 spiro atoms. The lowest BCUT2D eigenvalue weighted by molar-refractivity contribution is -0.121. The van der Waals surface area contributed by atoms with Crippen LogP contribution in [0.3, 0.4) is 0 Å². The maximum Gasteiger partial charge on any atom is 0.233 e. The minimum atomic E-state index is -0.0754. The predicted octanol–water partition coefficient (Wildman–Crippen LogP) is 0.898. The van der Waals surface area contributed by atoms with Crippen molar-refractivity contribution in [2.75, 3.05) is 5.75 Å². The zero-order chi connectivity index (χ0) is 8.69. The Labute approximate surface area is 72.1 Å². The summed E-state index contributed by atoms with van der Waals surface area (Å²) in [5.74, 6) is 5.95. The lowest BCUT2D eigenvalue weighted by Gasteiger charge is -2.07. The van der Waals surface area contributed by atoms with E-state index in [0.29, 0.717) is 11.7 Å². The molecule has 1 amide bonds. The van der Waals surface area contributed by atoms with Gasteiger partial charge in [-0.1, -0.05) is 13.8 Å². The molecule has 0 radical (unpaired) electrons. The summed E-state index contributed by atoms with van der Waals surface area (Å²) in [4.78, 5) is 10.7. The van der Waals surface area contributed by atoms with Crippen molar-refractivity contribution in [3.05, 3.63) is 0 Å². The molecule has 0 aliphatic rings. The highest BCUT2D eigenvalue weighted by Crippen LogP contribution is 2.14. The number of carbonyl (C=O) groups excluding carboxylic acids is 1. The molecular formula is C7H16N2OS. The van der Waals surface area contributed by atoms with Gasteiger partial charge in [-0.15, -0.1) is 0 Å². The van der Waals surface area contributed by atoms with Crippen LogP contribution in [0.5, 0.6) is 0 Å². The molecule has 0 aliphatic heterocycles. The number of rotatable bonds is 5. The van der Waals surface area contributed by atoms with Gasteiger partial charge in [-0.2, -0.15) is 11.8 Å². The van der Waals surface area contributed by atoms with E-state index in [2.05, 4.69) is 19.3 Å². The largest absolute Gasteiger partial charge is 0.294 e. The van der Waals surface area contributed by atoms with Crippen molar-refractivity contribution >= 4 is 17.7 Å². The highest BCUT2D eigenvalue weighted by Gasteiger charge is 2.04. The molecule has 0 aromatic rings. The van der Waals surface area contributed by atoms with E-state index in [1.807, 2.05) is 11.8 Å². The smallest absolute Gasteiger partial charge is 0.233 e. The van der Waals surface area contributed by atoms with Crippen molar-refractivity contribution in [2.24, 2.45) is 5.84 Å². The van der Waals surface area contributed by atoms with Gasteiger partial charge in [-0.05, 0) is 12.2 Å². The Morgan fingerprint density at radius 3 is 2.82 bits per heavy atom. The Morgan fingerprint density at radius 1 is 1.73 bits per heavy atom. The van der Waals surface area contributed by atoms with Gasteiger partial charge in [0.25, 0.3) is 0 Å². The Balaban J connectivity index is 3.29. The molecule has 0 saturated heterocycles. The van der Waals surface area contributed by atoms with Crippen LogP contribution in [0.1, 0.15) is 26.7 Å². The third-order valence-electron chi connectivity index (χ3n) is 1.39. The van der Waals surface area contributed by atoms with Crippen LogP contribution in [-0.2, 0) is 4.79 Å². The minimum Gasteiger partial charge on any atom is -0.294 e. The maximum absolute atomic E-state index is 10.7. The monoisotopic (exact) mass is 176 g/mol. The molecule has 0 bridgehead atoms. The zero-order valence-corrected chi connectivity index (χ0v) is 7.91. The molecule has 66 valence electrons. The molecule has 0 aliphatic carbocycles. The number of hydrogen-bond donors (Lipinski definition) is 2. The van der Waals surface area contributed by atoms with Crippen LogP contribution >= 0.6 is 11.8 Å². The highest BCUT2D eigenvalue weighted by atomic mass is 32.2. The molecule has 0 saturated carbocycles. The van der Waals surface area contributed by atoms with Gasteiger partial charge in [-0.25, -0.2) is 5.84 Å². The first-order chi connectivity index (χ1) is 5.20. The second kappa shape index (κ2) is 6.49. The Morgan fingerprint density at radius 2 is 2.36 bits per heavy atom. The predicted molar refractivity (Wildman–Crippen MR) is 49.2 cm³/mol. The number of amides is 1. The summed E-state index contributed by atoms with van der Waals surface area (Å²) in [5.41, 5.74) is 2.11. The minimum absolute atomic E-state index is 0.0754. The average Bonchev–Trinajstić information content (AvgIpc) is 2.01. The van der Waals surface area contributed by atoms with Gasteiger partial charge in [-0.3, -0.25) is 10.2 Å². The quantitative estimate of drug-likeness (QED) is 0.372. The fraction of sp³-hybridized carbons (Fsp3) is 0.857. The third kappa shape index (κ3) is 6.19. The van der Waals surface area contributed by atoms with Crippen LogP contribution in [0.2, 0.25) is 0 Å². The third-order valence-corrected chi connectivity index (χ3v) is 2.53. The summed E-state index contributed by atoms with van der Waals surface area (Å²) >= 11 is 1.86. The molecule has 1 atom stereocenters. The lowest BCUT2D eigenvalue weighted by atomic mass is 10.2. The second-order valence-electron chi connectivity index (χ2n) is 2.37. The zero-order valence-electron chi connectivity index (χ0n) is 7.09. The van der Waals surface area contributed by atoms with Crippen molar-refractivity contribution in [3.8, 4) is 0 Å². The van der Waals surface area contributed by atoms with Crippen molar-refractivity contribution in [2.45, 2.75) is 31.9 Å². The van der Waals surface area contributed by atoms with Crippen LogP contribution in [0.4, 0.5) is 0 Å². The van der Waals surface area contributed by atoms with E-state index in [4.69, 9.17) is 5.84 Å². The topological polar surface area (TPSA) is 55.1 Å². The molecule has 0 rings (SSSR count). The van der Waals surface area contributed by atoms with Crippen molar-refractivity contribution in [1.29, 1.82) is 0 Å². The molecule has 3 nitrogen and oxygen atoms in total. The number of nitrogens with two attached hydrogens (primary N) is 1. The SMILES string of the molecule is CCSC(C)CCC(=O)NN. The van der Waals surface area contributed by atoms with Gasteiger partial charge >= 0.3 is 0 Å². The first-order valence-electron chi connectivity index (χ1n) is 3.81. The molecule has 3 N–H and O–H groups in total. The van der Waals surface area contributed by atoms with E-state index in [9.17, 15) is 4.79 Å². The van der Waals surface area contributed by atoms with Crippen LogP contribution in [0.25, 0.3) is 0 Å². The van der Waals surface area contributed by atoms with Crippen molar-refractivity contribution < 1.29 is 4.79 Å². The van der Waals surface area contributed by atoms with E-state index < -0.39 is 0 Å². The number of hydrazine groups is 1. The summed E-state index contributed by atoms with van der Waals surface area (Å²) in [6.07, 6.45) is 1.44. The van der Waals surface area contributed by atoms with E-state index in [1.54, 1.807) is 0 Å². The molecular weight excluding hydrogens is 160 g/mol. The van der Waals surface area contributed by atoms with Gasteiger partial charge in [0.2, 0.25) is 5.91 Å². The number of hydrogen-bond acceptors (Lipinski definition) is 3. The van der Waals surface area contributed by atoms with Crippen LogP contribution in [0.15, 0.2) is 0 Å². The summed E-state index contributed by atoms with van der Waals surface area (Å²) < 4.78 is 0. The summed E-state index contributed by atoms with van der Waals surface area (Å²) in [5, 5.41) is 0.553. The molecule has 0 aromatic carbocycles. The average molecular weight is 176 g/mol. The summed E-state index contributed by atoms with van der Waals surface area (Å²) in [7, 11) is 0. The first-order valence-corrected chi connectivity index (χ1v) is 4.86. The van der Waals surface area contributed by atoms with E-state index in [-0.39, 0.29) is 5.91 Å². The normalized spacial score (nSPS) is 12.6. The Hall–Kier alpha value is -0.220. The molecule has 1 unspecified atom stereocenters. The van der Waals surface area contributed by atoms with E-state index in [1.165, 1.54) is 0 Å². The maximum atomic E-state index is 10.7. The molecule has 0 aromatic heterocycles. The second-order valence-corrected chi connectivity index (χ2v) is 4.09. The van der Waals surface area contributed by atoms with Crippen LogP contribution in [-0.4, -0.2) is 16.9 Å². The van der Waals surface area contributed by atoms with Crippen LogP contribution < -0.4 is 11.3 Å². The highest BCUT2D eigenvalue weighted by molar-refractivity contribution is 7.99. The summed E-state index contributed by atoms with van der Waals surface area (Å²) in [6, 6.07) is 0. The van der Waals surface area contributed by atoms with E-state index in [0.717, 1.165) is 12.2 Å². The van der Waals surface area contributed by atoms with Crippen LogP contribution in [0, 0.1) is 0 Å². The van der Waals surface area contributed by atoms with Gasteiger partial charge in [0, 0.05) is 11.7 Å². The molecule has 0 heterocycles. The fourth-order valence-electron chi connectivity index (χ4n) is 0.774. The van der Waals surface area contributed by atoms with Crippen molar-refractivity contribution in [1.82, 2.24) is 5.43 Å². The molecule has 4 heteroatoms. The Bertz CT molecular complexity index is 119. The Kier molecular flexibility index (Phi) is 6.36. The number of nitrogens with one attached hydrogen (secondary N) is 1. The fourth-order valence-corrected chi connectivity index (χ4v) is 1.63. The van der Waals surface area contributed by atoms with Crippen molar-refractivity contribution in [3.63, 3.8) is 0 Å². The standard InChI is InChI=1S/C7H16N2OS/c1-3-11-6(2)4-5-7(10)9-8/h6H,3-5,8H2,1-2H3,(H,9,10).